The van der Waals surface area contributed by atoms with Crippen LogP contribution in [0.5, 0.6) is 0 Å². The van der Waals surface area contributed by atoms with Gasteiger partial charge in [-0.05, 0) is 108 Å². The molecular formula is C62H40N4. The highest BCUT2D eigenvalue weighted by Gasteiger charge is 2.18. The molecular weight excluding hydrogens is 801 g/mol. The lowest BCUT2D eigenvalue weighted by Gasteiger charge is -2.14. The first-order valence-electron chi connectivity index (χ1n) is 22.3. The van der Waals surface area contributed by atoms with Crippen molar-refractivity contribution >= 4 is 32.3 Å². The number of nitrogens with zero attached hydrogens (tertiary/aromatic N) is 4. The van der Waals surface area contributed by atoms with Crippen molar-refractivity contribution in [2.75, 3.05) is 0 Å². The third kappa shape index (κ3) is 7.36. The topological polar surface area (TPSA) is 51.6 Å². The highest BCUT2D eigenvalue weighted by molar-refractivity contribution is 5.98. The zero-order chi connectivity index (χ0) is 43.8. The summed E-state index contributed by atoms with van der Waals surface area (Å²) in [6.45, 7) is 0. The Hall–Kier alpha value is -8.86. The van der Waals surface area contributed by atoms with Gasteiger partial charge in [-0.15, -0.1) is 0 Å². The van der Waals surface area contributed by atoms with Crippen molar-refractivity contribution in [2.24, 2.45) is 0 Å². The van der Waals surface area contributed by atoms with Crippen molar-refractivity contribution in [3.05, 3.63) is 243 Å². The maximum Gasteiger partial charge on any atom is 0.164 e. The summed E-state index contributed by atoms with van der Waals surface area (Å²) in [6.07, 6.45) is 1.88. The highest BCUT2D eigenvalue weighted by atomic mass is 15.0. The second kappa shape index (κ2) is 16.7. The molecule has 10 aromatic carbocycles. The molecule has 308 valence electrons. The Bertz CT molecular complexity index is 3660. The fraction of sp³-hybridized carbons (Fsp3) is 0. The van der Waals surface area contributed by atoms with E-state index in [-0.39, 0.29) is 0 Å². The molecule has 2 aromatic heterocycles. The van der Waals surface area contributed by atoms with Gasteiger partial charge in [0.2, 0.25) is 0 Å². The van der Waals surface area contributed by atoms with E-state index in [1.807, 2.05) is 18.3 Å². The third-order valence-corrected chi connectivity index (χ3v) is 12.6. The van der Waals surface area contributed by atoms with Gasteiger partial charge in [-0.1, -0.05) is 200 Å². The van der Waals surface area contributed by atoms with E-state index in [1.54, 1.807) is 0 Å². The van der Waals surface area contributed by atoms with Crippen molar-refractivity contribution in [3.63, 3.8) is 0 Å². The van der Waals surface area contributed by atoms with E-state index in [1.165, 1.54) is 16.3 Å². The molecule has 0 amide bonds. The summed E-state index contributed by atoms with van der Waals surface area (Å²) in [5, 5.41) is 6.83. The van der Waals surface area contributed by atoms with E-state index >= 15 is 0 Å². The minimum atomic E-state index is 0.606. The quantitative estimate of drug-likeness (QED) is 0.153. The lowest BCUT2D eigenvalue weighted by molar-refractivity contribution is 1.08. The first kappa shape index (κ1) is 38.8. The molecule has 12 rings (SSSR count). The smallest absolute Gasteiger partial charge is 0.164 e. The van der Waals surface area contributed by atoms with Crippen molar-refractivity contribution in [1.82, 2.24) is 19.9 Å². The van der Waals surface area contributed by atoms with Gasteiger partial charge in [-0.2, -0.15) is 0 Å². The molecule has 0 fully saturated rings. The van der Waals surface area contributed by atoms with Crippen LogP contribution in [0.3, 0.4) is 0 Å². The summed E-state index contributed by atoms with van der Waals surface area (Å²) in [7, 11) is 0. The van der Waals surface area contributed by atoms with Crippen molar-refractivity contribution in [2.45, 2.75) is 0 Å². The highest BCUT2D eigenvalue weighted by Crippen LogP contribution is 2.38. The summed E-state index contributed by atoms with van der Waals surface area (Å²) in [4.78, 5) is 20.9. The average Bonchev–Trinajstić information content (AvgIpc) is 3.40. The summed E-state index contributed by atoms with van der Waals surface area (Å²) in [5.74, 6) is 1.86. The SMILES string of the molecule is c1ccc(-c2cccc(-c3ncccc3-c3ccc(-c4cc(-c5ccc6ccccc6c5)cc(-c5nc(-c6cccc7ccccc67)nc(-c6cccc7ccccc67)n5)c4)cc3)c2)cc1. The van der Waals surface area contributed by atoms with Crippen LogP contribution in [0.15, 0.2) is 243 Å². The molecule has 0 aliphatic carbocycles. The molecule has 0 N–H and O–H groups in total. The molecule has 66 heavy (non-hydrogen) atoms. The molecule has 0 bridgehead atoms. The lowest BCUT2D eigenvalue weighted by Crippen LogP contribution is -2.01. The van der Waals surface area contributed by atoms with Gasteiger partial charge in [-0.25, -0.2) is 15.0 Å². The molecule has 0 saturated carbocycles. The van der Waals surface area contributed by atoms with E-state index in [0.29, 0.717) is 17.5 Å². The van der Waals surface area contributed by atoms with Crippen LogP contribution in [0.2, 0.25) is 0 Å². The number of benzene rings is 10. The molecule has 0 saturated heterocycles. The Morgan fingerprint density at radius 3 is 1.39 bits per heavy atom. The monoisotopic (exact) mass is 840 g/mol. The molecule has 4 nitrogen and oxygen atoms in total. The third-order valence-electron chi connectivity index (χ3n) is 12.6. The second-order valence-electron chi connectivity index (χ2n) is 16.6. The summed E-state index contributed by atoms with van der Waals surface area (Å²) in [5.41, 5.74) is 13.7. The van der Waals surface area contributed by atoms with Crippen LogP contribution < -0.4 is 0 Å². The summed E-state index contributed by atoms with van der Waals surface area (Å²) in [6, 6.07) is 83.6. The first-order chi connectivity index (χ1) is 32.7. The Morgan fingerprint density at radius 1 is 0.227 bits per heavy atom. The summed E-state index contributed by atoms with van der Waals surface area (Å²) < 4.78 is 0. The van der Waals surface area contributed by atoms with E-state index in [9.17, 15) is 0 Å². The Balaban J connectivity index is 1.02. The molecule has 4 heteroatoms. The van der Waals surface area contributed by atoms with E-state index in [4.69, 9.17) is 19.9 Å². The maximum absolute atomic E-state index is 5.34. The van der Waals surface area contributed by atoms with Crippen LogP contribution in [0.25, 0.3) is 122 Å². The standard InChI is InChI=1S/C62H40N4/c1-2-14-41(15-3-1)48-22-10-23-50(37-48)59-56(28-13-35-63-59)46-32-29-43(30-33-46)51-38-52(49-34-31-42-16-4-5-19-47(42)36-49)40-53(39-51)60-64-61(57-26-11-20-44-17-6-8-24-54(44)57)66-62(65-60)58-27-12-21-45-18-7-9-25-55(45)58/h1-40H. The lowest BCUT2D eigenvalue weighted by atomic mass is 9.92. The van der Waals surface area contributed by atoms with Crippen LogP contribution in [0.4, 0.5) is 0 Å². The van der Waals surface area contributed by atoms with Gasteiger partial charge in [-0.3, -0.25) is 4.98 Å². The van der Waals surface area contributed by atoms with Gasteiger partial charge >= 0.3 is 0 Å². The van der Waals surface area contributed by atoms with Crippen LogP contribution in [-0.4, -0.2) is 19.9 Å². The molecule has 2 heterocycles. The normalized spacial score (nSPS) is 11.3. The number of fused-ring (bicyclic) bond motifs is 3. The zero-order valence-corrected chi connectivity index (χ0v) is 35.9. The van der Waals surface area contributed by atoms with Gasteiger partial charge < -0.3 is 0 Å². The van der Waals surface area contributed by atoms with Gasteiger partial charge in [0, 0.05) is 34.0 Å². The van der Waals surface area contributed by atoms with Crippen molar-refractivity contribution in [1.29, 1.82) is 0 Å². The minimum Gasteiger partial charge on any atom is -0.256 e. The van der Waals surface area contributed by atoms with Gasteiger partial charge in [0.05, 0.1) is 5.69 Å². The number of hydrogen-bond donors (Lipinski definition) is 0. The van der Waals surface area contributed by atoms with Crippen LogP contribution in [0, 0.1) is 0 Å². The Morgan fingerprint density at radius 2 is 0.682 bits per heavy atom. The number of pyridine rings is 1. The molecule has 0 radical (unpaired) electrons. The molecule has 12 aromatic rings. The van der Waals surface area contributed by atoms with Gasteiger partial charge in [0.15, 0.2) is 17.5 Å². The van der Waals surface area contributed by atoms with Crippen LogP contribution >= 0.6 is 0 Å². The van der Waals surface area contributed by atoms with Crippen LogP contribution in [-0.2, 0) is 0 Å². The number of hydrogen-bond acceptors (Lipinski definition) is 4. The van der Waals surface area contributed by atoms with E-state index < -0.39 is 0 Å². The fourth-order valence-corrected chi connectivity index (χ4v) is 9.23. The predicted octanol–water partition coefficient (Wildman–Crippen LogP) is 16.1. The molecule has 0 unspecified atom stereocenters. The first-order valence-corrected chi connectivity index (χ1v) is 22.3. The molecule has 0 aliphatic rings. The number of rotatable bonds is 8. The van der Waals surface area contributed by atoms with Crippen molar-refractivity contribution in [3.8, 4) is 89.9 Å². The Kier molecular flexibility index (Phi) is 9.81. The minimum absolute atomic E-state index is 0.606. The van der Waals surface area contributed by atoms with Crippen molar-refractivity contribution < 1.29 is 0 Å². The average molecular weight is 841 g/mol. The maximum atomic E-state index is 5.34. The van der Waals surface area contributed by atoms with E-state index in [0.717, 1.165) is 88.4 Å². The largest absolute Gasteiger partial charge is 0.256 e. The zero-order valence-electron chi connectivity index (χ0n) is 35.9. The van der Waals surface area contributed by atoms with Gasteiger partial charge in [0.1, 0.15) is 0 Å². The molecule has 0 aliphatic heterocycles. The predicted molar refractivity (Wildman–Crippen MR) is 274 cm³/mol. The van der Waals surface area contributed by atoms with E-state index in [2.05, 4.69) is 224 Å². The molecule has 0 spiro atoms. The van der Waals surface area contributed by atoms with Gasteiger partial charge in [0.25, 0.3) is 0 Å². The molecule has 0 atom stereocenters. The van der Waals surface area contributed by atoms with Crippen LogP contribution in [0.1, 0.15) is 0 Å². The number of aromatic nitrogens is 4. The Labute approximate surface area is 383 Å². The second-order valence-corrected chi connectivity index (χ2v) is 16.6. The summed E-state index contributed by atoms with van der Waals surface area (Å²) >= 11 is 0. The fourth-order valence-electron chi connectivity index (χ4n) is 9.23.